The second-order valence-corrected chi connectivity index (χ2v) is 6.14. The molecule has 2 amide bonds. The Bertz CT molecular complexity index is 719. The number of rotatable bonds is 6. The lowest BCUT2D eigenvalue weighted by molar-refractivity contribution is -0.122. The van der Waals surface area contributed by atoms with Crippen LogP contribution in [0, 0.1) is 6.92 Å². The topological polar surface area (TPSA) is 67.4 Å². The third kappa shape index (κ3) is 5.70. The lowest BCUT2D eigenvalue weighted by atomic mass is 10.1. The number of nitrogens with one attached hydrogen (secondary N) is 2. The first kappa shape index (κ1) is 18.0. The third-order valence-corrected chi connectivity index (χ3v) is 3.81. The van der Waals surface area contributed by atoms with E-state index in [1.54, 1.807) is 12.1 Å². The Morgan fingerprint density at radius 3 is 2.62 bits per heavy atom. The van der Waals surface area contributed by atoms with Gasteiger partial charge < -0.3 is 4.74 Å². The predicted octanol–water partition coefficient (Wildman–Crippen LogP) is 3.38. The van der Waals surface area contributed by atoms with Crippen molar-refractivity contribution >= 4 is 27.7 Å². The molecule has 0 heterocycles. The molecule has 0 radical (unpaired) electrons. The van der Waals surface area contributed by atoms with E-state index in [-0.39, 0.29) is 18.2 Å². The summed E-state index contributed by atoms with van der Waals surface area (Å²) in [4.78, 5) is 23.7. The second kappa shape index (κ2) is 9.08. The van der Waals surface area contributed by atoms with Crippen molar-refractivity contribution in [3.63, 3.8) is 0 Å². The average Bonchev–Trinajstić information content (AvgIpc) is 2.57. The van der Waals surface area contributed by atoms with E-state index in [9.17, 15) is 9.59 Å². The van der Waals surface area contributed by atoms with Crippen LogP contribution in [0.2, 0.25) is 0 Å². The zero-order chi connectivity index (χ0) is 17.4. The molecule has 0 fully saturated rings. The summed E-state index contributed by atoms with van der Waals surface area (Å²) in [6.45, 7) is 2.27. The van der Waals surface area contributed by atoms with Crippen molar-refractivity contribution in [3.8, 4) is 5.75 Å². The van der Waals surface area contributed by atoms with Gasteiger partial charge in [0.05, 0.1) is 6.61 Å². The Labute approximate surface area is 149 Å². The first-order chi connectivity index (χ1) is 11.6. The maximum Gasteiger partial charge on any atom is 0.269 e. The summed E-state index contributed by atoms with van der Waals surface area (Å²) in [6, 6.07) is 14.7. The predicted molar refractivity (Wildman–Crippen MR) is 95.7 cm³/mol. The molecule has 6 heteroatoms. The van der Waals surface area contributed by atoms with Crippen molar-refractivity contribution in [3.05, 3.63) is 64.1 Å². The van der Waals surface area contributed by atoms with Gasteiger partial charge in [-0.05, 0) is 43.2 Å². The molecule has 0 bridgehead atoms. The van der Waals surface area contributed by atoms with E-state index in [2.05, 4.69) is 26.8 Å². The zero-order valence-corrected chi connectivity index (χ0v) is 14.9. The number of halogens is 1. The first-order valence-electron chi connectivity index (χ1n) is 7.59. The van der Waals surface area contributed by atoms with Gasteiger partial charge in [-0.15, -0.1) is 0 Å². The fourth-order valence-electron chi connectivity index (χ4n) is 2.06. The normalized spacial score (nSPS) is 10.1. The lowest BCUT2D eigenvalue weighted by Gasteiger charge is -2.09. The smallest absolute Gasteiger partial charge is 0.269 e. The van der Waals surface area contributed by atoms with Gasteiger partial charge in [-0.2, -0.15) is 0 Å². The number of amides is 2. The highest BCUT2D eigenvalue weighted by atomic mass is 79.9. The SMILES string of the molecule is Cc1ccccc1C(=O)NNC(=O)CCCOc1cccc(Br)c1. The highest BCUT2D eigenvalue weighted by Gasteiger charge is 2.09. The van der Waals surface area contributed by atoms with Crippen molar-refractivity contribution in [2.24, 2.45) is 0 Å². The number of hydrogen-bond acceptors (Lipinski definition) is 3. The van der Waals surface area contributed by atoms with Crippen molar-refractivity contribution < 1.29 is 14.3 Å². The molecule has 5 nitrogen and oxygen atoms in total. The van der Waals surface area contributed by atoms with Gasteiger partial charge in [0.25, 0.3) is 5.91 Å². The highest BCUT2D eigenvalue weighted by Crippen LogP contribution is 2.17. The van der Waals surface area contributed by atoms with Crippen molar-refractivity contribution in [2.75, 3.05) is 6.61 Å². The van der Waals surface area contributed by atoms with Crippen LogP contribution in [-0.4, -0.2) is 18.4 Å². The minimum absolute atomic E-state index is 0.255. The van der Waals surface area contributed by atoms with E-state index in [0.29, 0.717) is 18.6 Å². The van der Waals surface area contributed by atoms with Gasteiger partial charge in [0.15, 0.2) is 0 Å². The number of benzene rings is 2. The van der Waals surface area contributed by atoms with E-state index < -0.39 is 0 Å². The number of aryl methyl sites for hydroxylation is 1. The molecule has 126 valence electrons. The summed E-state index contributed by atoms with van der Waals surface area (Å²) in [7, 11) is 0. The van der Waals surface area contributed by atoms with E-state index in [1.807, 2.05) is 43.3 Å². The fraction of sp³-hybridized carbons (Fsp3) is 0.222. The van der Waals surface area contributed by atoms with Gasteiger partial charge in [0, 0.05) is 16.5 Å². The Kier molecular flexibility index (Phi) is 6.81. The van der Waals surface area contributed by atoms with Crippen molar-refractivity contribution in [2.45, 2.75) is 19.8 Å². The van der Waals surface area contributed by atoms with Crippen molar-refractivity contribution in [1.29, 1.82) is 0 Å². The standard InChI is InChI=1S/C18H19BrN2O3/c1-13-6-2-3-9-16(13)18(23)21-20-17(22)10-5-11-24-15-8-4-7-14(19)12-15/h2-4,6-9,12H,5,10-11H2,1H3,(H,20,22)(H,21,23). The molecule has 0 aliphatic heterocycles. The number of hydrazine groups is 1. The van der Waals surface area contributed by atoms with E-state index in [1.165, 1.54) is 0 Å². The number of hydrogen-bond donors (Lipinski definition) is 2. The van der Waals surface area contributed by atoms with Gasteiger partial charge >= 0.3 is 0 Å². The highest BCUT2D eigenvalue weighted by molar-refractivity contribution is 9.10. The van der Waals surface area contributed by atoms with Crippen LogP contribution < -0.4 is 15.6 Å². The third-order valence-electron chi connectivity index (χ3n) is 3.32. The molecule has 24 heavy (non-hydrogen) atoms. The second-order valence-electron chi connectivity index (χ2n) is 5.23. The van der Waals surface area contributed by atoms with E-state index in [0.717, 1.165) is 15.8 Å². The quantitative estimate of drug-likeness (QED) is 0.586. The molecular formula is C18H19BrN2O3. The van der Waals surface area contributed by atoms with E-state index in [4.69, 9.17) is 4.74 Å². The van der Waals surface area contributed by atoms with Crippen LogP contribution in [0.3, 0.4) is 0 Å². The summed E-state index contributed by atoms with van der Waals surface area (Å²) in [5.41, 5.74) is 6.23. The van der Waals surface area contributed by atoms with Gasteiger partial charge in [-0.25, -0.2) is 0 Å². The Balaban J connectivity index is 1.66. The Morgan fingerprint density at radius 2 is 1.88 bits per heavy atom. The molecule has 0 aliphatic rings. The molecule has 2 aromatic carbocycles. The van der Waals surface area contributed by atoms with Crippen LogP contribution in [0.25, 0.3) is 0 Å². The molecule has 0 aliphatic carbocycles. The van der Waals surface area contributed by atoms with Gasteiger partial charge in [-0.1, -0.05) is 40.2 Å². The molecule has 0 atom stereocenters. The molecule has 0 spiro atoms. The molecule has 0 saturated heterocycles. The van der Waals surface area contributed by atoms with Crippen LogP contribution in [0.15, 0.2) is 53.0 Å². The summed E-state index contributed by atoms with van der Waals surface area (Å²) >= 11 is 3.37. The number of carbonyl (C=O) groups excluding carboxylic acids is 2. The van der Waals surface area contributed by atoms with Gasteiger partial charge in [-0.3, -0.25) is 20.4 Å². The minimum Gasteiger partial charge on any atom is -0.494 e. The lowest BCUT2D eigenvalue weighted by Crippen LogP contribution is -2.41. The Morgan fingerprint density at radius 1 is 1.08 bits per heavy atom. The fourth-order valence-corrected chi connectivity index (χ4v) is 2.44. The molecule has 0 unspecified atom stereocenters. The largest absolute Gasteiger partial charge is 0.494 e. The van der Waals surface area contributed by atoms with Crippen LogP contribution >= 0.6 is 15.9 Å². The monoisotopic (exact) mass is 390 g/mol. The zero-order valence-electron chi connectivity index (χ0n) is 13.3. The summed E-state index contributed by atoms with van der Waals surface area (Å²) in [5.74, 6) is 0.166. The van der Waals surface area contributed by atoms with E-state index >= 15 is 0 Å². The molecule has 0 saturated carbocycles. The number of carbonyl (C=O) groups is 2. The molecule has 2 rings (SSSR count). The van der Waals surface area contributed by atoms with Gasteiger partial charge in [0.1, 0.15) is 5.75 Å². The molecule has 2 N–H and O–H groups in total. The minimum atomic E-state index is -0.327. The Hall–Kier alpha value is -2.34. The molecule has 0 aromatic heterocycles. The van der Waals surface area contributed by atoms with Crippen LogP contribution in [0.5, 0.6) is 5.75 Å². The van der Waals surface area contributed by atoms with Crippen LogP contribution in [-0.2, 0) is 4.79 Å². The maximum atomic E-state index is 12.0. The average molecular weight is 391 g/mol. The summed E-state index contributed by atoms with van der Waals surface area (Å²) < 4.78 is 6.49. The molecular weight excluding hydrogens is 372 g/mol. The maximum absolute atomic E-state index is 12.0. The van der Waals surface area contributed by atoms with Gasteiger partial charge in [0.2, 0.25) is 5.91 Å². The number of ether oxygens (including phenoxy) is 1. The summed E-state index contributed by atoms with van der Waals surface area (Å²) in [5, 5.41) is 0. The van der Waals surface area contributed by atoms with Crippen LogP contribution in [0.1, 0.15) is 28.8 Å². The summed E-state index contributed by atoms with van der Waals surface area (Å²) in [6.07, 6.45) is 0.820. The van der Waals surface area contributed by atoms with Crippen LogP contribution in [0.4, 0.5) is 0 Å². The molecule has 2 aromatic rings. The van der Waals surface area contributed by atoms with Crippen molar-refractivity contribution in [1.82, 2.24) is 10.9 Å². The first-order valence-corrected chi connectivity index (χ1v) is 8.39.